The summed E-state index contributed by atoms with van der Waals surface area (Å²) in [6.07, 6.45) is 0.276. The van der Waals surface area contributed by atoms with Gasteiger partial charge in [0.05, 0.1) is 30.1 Å². The van der Waals surface area contributed by atoms with E-state index in [1.165, 1.54) is 0 Å². The molecule has 2 aromatic carbocycles. The van der Waals surface area contributed by atoms with Gasteiger partial charge in [-0.3, -0.25) is 4.79 Å². The summed E-state index contributed by atoms with van der Waals surface area (Å²) in [6, 6.07) is 15.8. The summed E-state index contributed by atoms with van der Waals surface area (Å²) in [5, 5.41) is 2.68. The van der Waals surface area contributed by atoms with Crippen LogP contribution in [0, 0.1) is 13.8 Å². The van der Waals surface area contributed by atoms with Crippen molar-refractivity contribution in [1.82, 2.24) is 0 Å². The molecule has 1 aromatic heterocycles. The molecule has 136 valence electrons. The van der Waals surface area contributed by atoms with E-state index in [-0.39, 0.29) is 12.3 Å². The van der Waals surface area contributed by atoms with Crippen molar-refractivity contribution in [3.05, 3.63) is 80.5 Å². The zero-order valence-corrected chi connectivity index (χ0v) is 16.8. The molecule has 0 fully saturated rings. The monoisotopic (exact) mass is 394 g/mol. The molecule has 1 amide bonds. The Morgan fingerprint density at radius 2 is 1.89 bits per heavy atom. The summed E-state index contributed by atoms with van der Waals surface area (Å²) in [7, 11) is 0. The predicted molar refractivity (Wildman–Crippen MR) is 114 cm³/mol. The van der Waals surface area contributed by atoms with Crippen LogP contribution in [0.25, 0.3) is 0 Å². The number of nitrogens with zero attached hydrogens (tertiary/aromatic N) is 2. The van der Waals surface area contributed by atoms with Gasteiger partial charge in [-0.2, -0.15) is 0 Å². The van der Waals surface area contributed by atoms with Crippen molar-refractivity contribution in [2.24, 2.45) is 4.99 Å². The maximum absolute atomic E-state index is 13.2. The van der Waals surface area contributed by atoms with Crippen LogP contribution < -0.4 is 4.90 Å². The van der Waals surface area contributed by atoms with Gasteiger partial charge in [-0.15, -0.1) is 11.3 Å². The first-order valence-electron chi connectivity index (χ1n) is 8.79. The first-order valence-corrected chi connectivity index (χ1v) is 10.0. The van der Waals surface area contributed by atoms with Gasteiger partial charge in [0, 0.05) is 9.90 Å². The van der Waals surface area contributed by atoms with Gasteiger partial charge in [-0.05, 0) is 60.2 Å². The van der Waals surface area contributed by atoms with Crippen LogP contribution in [0.5, 0.6) is 0 Å². The number of thiophene rings is 1. The average Bonchev–Trinajstić information content (AvgIpc) is 3.14. The molecule has 0 aliphatic carbocycles. The fourth-order valence-electron chi connectivity index (χ4n) is 3.20. The van der Waals surface area contributed by atoms with Gasteiger partial charge in [0.25, 0.3) is 0 Å². The van der Waals surface area contributed by atoms with E-state index in [9.17, 15) is 4.79 Å². The molecule has 2 heterocycles. The number of anilines is 1. The van der Waals surface area contributed by atoms with Crippen molar-refractivity contribution >= 4 is 45.9 Å². The number of halogens is 1. The number of aliphatic imine (C=N–C) groups is 1. The summed E-state index contributed by atoms with van der Waals surface area (Å²) < 4.78 is 0. The number of benzene rings is 2. The number of rotatable bonds is 3. The third-order valence-electron chi connectivity index (χ3n) is 4.85. The van der Waals surface area contributed by atoms with Crippen LogP contribution in [0.2, 0.25) is 5.02 Å². The van der Waals surface area contributed by atoms with Crippen LogP contribution in [-0.4, -0.2) is 11.6 Å². The minimum atomic E-state index is 0.0315. The lowest BCUT2D eigenvalue weighted by Gasteiger charge is -2.24. The lowest BCUT2D eigenvalue weighted by molar-refractivity contribution is -0.117. The Morgan fingerprint density at radius 3 is 2.63 bits per heavy atom. The van der Waals surface area contributed by atoms with Crippen LogP contribution in [-0.2, 0) is 11.3 Å². The summed E-state index contributed by atoms with van der Waals surface area (Å²) in [5.41, 5.74) is 5.72. The third-order valence-corrected chi connectivity index (χ3v) is 6.14. The molecule has 0 atom stereocenters. The topological polar surface area (TPSA) is 32.7 Å². The molecule has 0 saturated carbocycles. The average molecular weight is 395 g/mol. The van der Waals surface area contributed by atoms with E-state index in [1.54, 1.807) is 11.3 Å². The number of aryl methyl sites for hydroxylation is 2. The zero-order chi connectivity index (χ0) is 19.0. The largest absolute Gasteiger partial charge is 0.305 e. The number of amides is 1. The Balaban J connectivity index is 1.83. The van der Waals surface area contributed by atoms with E-state index in [0.717, 1.165) is 38.7 Å². The molecule has 1 aliphatic heterocycles. The van der Waals surface area contributed by atoms with Crippen molar-refractivity contribution < 1.29 is 4.79 Å². The van der Waals surface area contributed by atoms with Gasteiger partial charge < -0.3 is 4.90 Å². The van der Waals surface area contributed by atoms with E-state index in [2.05, 4.69) is 26.0 Å². The van der Waals surface area contributed by atoms with Gasteiger partial charge in [-0.1, -0.05) is 35.9 Å². The Morgan fingerprint density at radius 1 is 1.11 bits per heavy atom. The SMILES string of the molecule is Cc1cc2c(cc1C)N(Cc1ccccc1Cl)C(=O)CC(c1cccs1)=N2. The van der Waals surface area contributed by atoms with Crippen molar-refractivity contribution in [2.45, 2.75) is 26.8 Å². The van der Waals surface area contributed by atoms with Gasteiger partial charge in [0.15, 0.2) is 0 Å². The standard InChI is InChI=1S/C22H19ClN2OS/c1-14-10-18-20(11-15(14)2)25(13-16-6-3-4-7-17(16)23)22(26)12-19(24-18)21-8-5-9-27-21/h3-11H,12-13H2,1-2H3. The van der Waals surface area contributed by atoms with Crippen molar-refractivity contribution in [2.75, 3.05) is 4.90 Å². The molecule has 3 aromatic rings. The zero-order valence-electron chi connectivity index (χ0n) is 15.2. The van der Waals surface area contributed by atoms with E-state index < -0.39 is 0 Å². The van der Waals surface area contributed by atoms with Crippen LogP contribution in [0.15, 0.2) is 58.9 Å². The summed E-state index contributed by atoms with van der Waals surface area (Å²) in [4.78, 5) is 20.9. The maximum atomic E-state index is 13.2. The normalized spacial score (nSPS) is 14.0. The molecule has 27 heavy (non-hydrogen) atoms. The third kappa shape index (κ3) is 3.55. The molecule has 1 aliphatic rings. The molecular formula is C22H19ClN2OS. The highest BCUT2D eigenvalue weighted by molar-refractivity contribution is 7.12. The molecule has 0 saturated heterocycles. The van der Waals surface area contributed by atoms with Crippen LogP contribution in [0.1, 0.15) is 28.0 Å². The second kappa shape index (κ2) is 7.29. The minimum Gasteiger partial charge on any atom is -0.305 e. The highest BCUT2D eigenvalue weighted by Crippen LogP contribution is 2.37. The fraction of sp³-hybridized carbons (Fsp3) is 0.182. The Bertz CT molecular complexity index is 1040. The predicted octanol–water partition coefficient (Wildman–Crippen LogP) is 6.08. The molecule has 4 rings (SSSR count). The number of hydrogen-bond acceptors (Lipinski definition) is 3. The van der Waals surface area contributed by atoms with Crippen molar-refractivity contribution in [1.29, 1.82) is 0 Å². The molecule has 0 radical (unpaired) electrons. The number of carbonyl (C=O) groups is 1. The molecule has 0 N–H and O–H groups in total. The summed E-state index contributed by atoms with van der Waals surface area (Å²) in [5.74, 6) is 0.0315. The number of carbonyl (C=O) groups excluding carboxylic acids is 1. The van der Waals surface area contributed by atoms with E-state index in [4.69, 9.17) is 16.6 Å². The Labute approximate surface area is 167 Å². The lowest BCUT2D eigenvalue weighted by Crippen LogP contribution is -2.31. The second-order valence-corrected chi connectivity index (χ2v) is 8.06. The van der Waals surface area contributed by atoms with Crippen LogP contribution in [0.3, 0.4) is 0 Å². The molecular weight excluding hydrogens is 376 g/mol. The molecule has 3 nitrogen and oxygen atoms in total. The highest BCUT2D eigenvalue weighted by atomic mass is 35.5. The van der Waals surface area contributed by atoms with E-state index >= 15 is 0 Å². The smallest absolute Gasteiger partial charge is 0.233 e. The quantitative estimate of drug-likeness (QED) is 0.530. The number of hydrogen-bond donors (Lipinski definition) is 0. The number of fused-ring (bicyclic) bond motifs is 1. The molecule has 0 bridgehead atoms. The van der Waals surface area contributed by atoms with Gasteiger partial charge >= 0.3 is 0 Å². The Kier molecular flexibility index (Phi) is 4.85. The summed E-state index contributed by atoms with van der Waals surface area (Å²) >= 11 is 7.97. The molecule has 0 spiro atoms. The highest BCUT2D eigenvalue weighted by Gasteiger charge is 2.26. The van der Waals surface area contributed by atoms with Crippen LogP contribution in [0.4, 0.5) is 11.4 Å². The van der Waals surface area contributed by atoms with Gasteiger partial charge in [-0.25, -0.2) is 4.99 Å². The fourth-order valence-corrected chi connectivity index (χ4v) is 4.11. The Hall–Kier alpha value is -2.43. The van der Waals surface area contributed by atoms with E-state index in [1.807, 2.05) is 46.7 Å². The van der Waals surface area contributed by atoms with E-state index in [0.29, 0.717) is 11.6 Å². The van der Waals surface area contributed by atoms with Crippen molar-refractivity contribution in [3.63, 3.8) is 0 Å². The van der Waals surface area contributed by atoms with Gasteiger partial charge in [0.1, 0.15) is 0 Å². The minimum absolute atomic E-state index is 0.0315. The second-order valence-electron chi connectivity index (χ2n) is 6.71. The first-order chi connectivity index (χ1) is 13.0. The molecule has 5 heteroatoms. The first kappa shape index (κ1) is 18.0. The summed E-state index contributed by atoms with van der Waals surface area (Å²) in [6.45, 7) is 4.56. The lowest BCUT2D eigenvalue weighted by atomic mass is 10.1. The van der Waals surface area contributed by atoms with Crippen LogP contribution >= 0.6 is 22.9 Å². The maximum Gasteiger partial charge on any atom is 0.233 e. The molecule has 0 unspecified atom stereocenters. The van der Waals surface area contributed by atoms with Crippen molar-refractivity contribution in [3.8, 4) is 0 Å². The van der Waals surface area contributed by atoms with Gasteiger partial charge in [0.2, 0.25) is 5.91 Å².